The van der Waals surface area contributed by atoms with Crippen LogP contribution in [0.25, 0.3) is 11.0 Å². The van der Waals surface area contributed by atoms with Gasteiger partial charge in [-0.05, 0) is 37.3 Å². The van der Waals surface area contributed by atoms with Gasteiger partial charge in [-0.25, -0.2) is 15.6 Å². The van der Waals surface area contributed by atoms with Gasteiger partial charge in [-0.3, -0.25) is 9.59 Å². The number of methoxy groups -OCH3 is 1. The molecular weight excluding hydrogens is 336 g/mol. The van der Waals surface area contributed by atoms with Gasteiger partial charge in [0.25, 0.3) is 11.8 Å². The van der Waals surface area contributed by atoms with E-state index in [-0.39, 0.29) is 11.1 Å². The van der Waals surface area contributed by atoms with Gasteiger partial charge in [0, 0.05) is 16.5 Å². The van der Waals surface area contributed by atoms with Crippen molar-refractivity contribution in [3.63, 3.8) is 0 Å². The highest BCUT2D eigenvalue weighted by Crippen LogP contribution is 2.26. The molecule has 7 nitrogen and oxygen atoms in total. The first kappa shape index (κ1) is 17.4. The monoisotopic (exact) mass is 352 g/mol. The summed E-state index contributed by atoms with van der Waals surface area (Å²) in [5.41, 5.74) is -0.0342. The molecule has 0 atom stereocenters. The average molecular weight is 352 g/mol. The Morgan fingerprint density at radius 1 is 1.08 bits per heavy atom. The van der Waals surface area contributed by atoms with Gasteiger partial charge in [-0.1, -0.05) is 18.2 Å². The lowest BCUT2D eigenvalue weighted by molar-refractivity contribution is 0.0613. The van der Waals surface area contributed by atoms with Crippen molar-refractivity contribution in [2.24, 2.45) is 5.84 Å². The molecule has 1 aromatic heterocycles. The average Bonchev–Trinajstić information content (AvgIpc) is 2.67. The number of fused-ring (bicyclic) bond motifs is 1. The van der Waals surface area contributed by atoms with Crippen molar-refractivity contribution < 1.29 is 18.7 Å². The van der Waals surface area contributed by atoms with Crippen LogP contribution in [-0.2, 0) is 0 Å². The summed E-state index contributed by atoms with van der Waals surface area (Å²) >= 11 is 0. The molecule has 0 unspecified atom stereocenters. The van der Waals surface area contributed by atoms with Crippen molar-refractivity contribution in [1.29, 1.82) is 0 Å². The van der Waals surface area contributed by atoms with Crippen molar-refractivity contribution in [1.82, 2.24) is 5.01 Å². The second kappa shape index (κ2) is 6.81. The Labute approximate surface area is 148 Å². The maximum Gasteiger partial charge on any atom is 0.349 e. The fourth-order valence-corrected chi connectivity index (χ4v) is 2.62. The Morgan fingerprint density at radius 3 is 2.42 bits per heavy atom. The maximum absolute atomic E-state index is 12.5. The van der Waals surface area contributed by atoms with Crippen LogP contribution >= 0.6 is 0 Å². The summed E-state index contributed by atoms with van der Waals surface area (Å²) in [7, 11) is 1.51. The maximum atomic E-state index is 12.5. The molecule has 0 fully saturated rings. The molecule has 1 heterocycles. The van der Waals surface area contributed by atoms with E-state index in [0.717, 1.165) is 0 Å². The van der Waals surface area contributed by atoms with Crippen molar-refractivity contribution in [2.45, 2.75) is 6.92 Å². The van der Waals surface area contributed by atoms with E-state index in [1.807, 2.05) is 0 Å². The van der Waals surface area contributed by atoms with Crippen molar-refractivity contribution >= 4 is 22.8 Å². The number of rotatable bonds is 3. The summed E-state index contributed by atoms with van der Waals surface area (Å²) in [6.07, 6.45) is 0. The van der Waals surface area contributed by atoms with Crippen LogP contribution < -0.4 is 16.2 Å². The van der Waals surface area contributed by atoms with E-state index in [4.69, 9.17) is 15.0 Å². The van der Waals surface area contributed by atoms with E-state index in [1.54, 1.807) is 37.3 Å². The van der Waals surface area contributed by atoms with Crippen LogP contribution in [0.5, 0.6) is 5.75 Å². The summed E-state index contributed by atoms with van der Waals surface area (Å²) in [4.78, 5) is 37.1. The summed E-state index contributed by atoms with van der Waals surface area (Å²) in [5.74, 6) is 4.54. The molecule has 3 rings (SSSR count). The van der Waals surface area contributed by atoms with E-state index in [2.05, 4.69) is 0 Å². The molecule has 132 valence electrons. The SMILES string of the molecule is COc1ccc2cc(C(=O)N(N)C(=O)c3ccccc3)c(=O)oc2c1C. The predicted molar refractivity (Wildman–Crippen MR) is 94.9 cm³/mol. The molecule has 0 spiro atoms. The molecule has 0 aliphatic heterocycles. The van der Waals surface area contributed by atoms with E-state index < -0.39 is 17.4 Å². The van der Waals surface area contributed by atoms with Crippen molar-refractivity contribution in [2.75, 3.05) is 7.11 Å². The fraction of sp³-hybridized carbons (Fsp3) is 0.105. The molecular formula is C19H16N2O5. The third-order valence-electron chi connectivity index (χ3n) is 4.01. The molecule has 0 aliphatic rings. The minimum atomic E-state index is -0.942. The molecule has 0 bridgehead atoms. The zero-order chi connectivity index (χ0) is 18.8. The number of imide groups is 1. The van der Waals surface area contributed by atoms with E-state index >= 15 is 0 Å². The standard InChI is InChI=1S/C19H16N2O5/c1-11-15(25-2)9-8-13-10-14(19(24)26-16(11)13)18(23)21(20)17(22)12-6-4-3-5-7-12/h3-10H,20H2,1-2H3. The Kier molecular flexibility index (Phi) is 4.55. The number of aryl methyl sites for hydroxylation is 1. The van der Waals surface area contributed by atoms with Gasteiger partial charge in [0.1, 0.15) is 16.9 Å². The summed E-state index contributed by atoms with van der Waals surface area (Å²) in [6.45, 7) is 1.74. The zero-order valence-electron chi connectivity index (χ0n) is 14.2. The van der Waals surface area contributed by atoms with Crippen LogP contribution in [0, 0.1) is 6.92 Å². The van der Waals surface area contributed by atoms with Gasteiger partial charge in [-0.15, -0.1) is 0 Å². The number of ether oxygens (including phenoxy) is 1. The first-order valence-electron chi connectivity index (χ1n) is 7.74. The molecule has 2 aromatic carbocycles. The van der Waals surface area contributed by atoms with E-state index in [1.165, 1.54) is 25.3 Å². The van der Waals surface area contributed by atoms with Crippen molar-refractivity contribution in [3.05, 3.63) is 75.6 Å². The number of benzene rings is 2. The van der Waals surface area contributed by atoms with Gasteiger partial charge >= 0.3 is 5.63 Å². The molecule has 0 aliphatic carbocycles. The van der Waals surface area contributed by atoms with Crippen molar-refractivity contribution in [3.8, 4) is 5.75 Å². The Hall–Kier alpha value is -3.45. The second-order valence-electron chi connectivity index (χ2n) is 5.61. The van der Waals surface area contributed by atoms with E-state index in [0.29, 0.717) is 27.3 Å². The molecule has 0 radical (unpaired) electrons. The third-order valence-corrected chi connectivity index (χ3v) is 4.01. The van der Waals surface area contributed by atoms with Gasteiger partial charge in [0.05, 0.1) is 7.11 Å². The first-order chi connectivity index (χ1) is 12.4. The second-order valence-corrected chi connectivity index (χ2v) is 5.61. The number of hydrazine groups is 1. The number of nitrogens with zero attached hydrogens (tertiary/aromatic N) is 1. The smallest absolute Gasteiger partial charge is 0.349 e. The Morgan fingerprint density at radius 2 is 1.77 bits per heavy atom. The van der Waals surface area contributed by atoms with Crippen LogP contribution in [0.4, 0.5) is 0 Å². The topological polar surface area (TPSA) is 103 Å². The summed E-state index contributed by atoms with van der Waals surface area (Å²) in [6, 6.07) is 12.8. The largest absolute Gasteiger partial charge is 0.496 e. The van der Waals surface area contributed by atoms with Gasteiger partial charge in [0.15, 0.2) is 0 Å². The molecule has 2 N–H and O–H groups in total. The highest BCUT2D eigenvalue weighted by Gasteiger charge is 2.25. The van der Waals surface area contributed by atoms with Crippen LogP contribution in [0.3, 0.4) is 0 Å². The highest BCUT2D eigenvalue weighted by atomic mass is 16.5. The molecule has 7 heteroatoms. The normalized spacial score (nSPS) is 10.6. The van der Waals surface area contributed by atoms with Gasteiger partial charge < -0.3 is 9.15 Å². The summed E-state index contributed by atoms with van der Waals surface area (Å²) in [5, 5.41) is 0.927. The van der Waals surface area contributed by atoms with Crippen LogP contribution in [0.1, 0.15) is 26.3 Å². The van der Waals surface area contributed by atoms with Gasteiger partial charge in [0.2, 0.25) is 0 Å². The summed E-state index contributed by atoms with van der Waals surface area (Å²) < 4.78 is 10.5. The van der Waals surface area contributed by atoms with Crippen LogP contribution in [-0.4, -0.2) is 23.9 Å². The number of carbonyl (C=O) groups excluding carboxylic acids is 2. The number of carbonyl (C=O) groups is 2. The number of amides is 2. The Balaban J connectivity index is 2.02. The van der Waals surface area contributed by atoms with Crippen LogP contribution in [0.15, 0.2) is 57.7 Å². The molecule has 2 amide bonds. The number of nitrogens with two attached hydrogens (primary N) is 1. The highest BCUT2D eigenvalue weighted by molar-refractivity contribution is 6.10. The fourth-order valence-electron chi connectivity index (χ4n) is 2.62. The van der Waals surface area contributed by atoms with E-state index in [9.17, 15) is 14.4 Å². The zero-order valence-corrected chi connectivity index (χ0v) is 14.2. The first-order valence-corrected chi connectivity index (χ1v) is 7.74. The third kappa shape index (κ3) is 2.96. The molecule has 0 saturated heterocycles. The minimum absolute atomic E-state index is 0.231. The minimum Gasteiger partial charge on any atom is -0.496 e. The quantitative estimate of drug-likeness (QED) is 0.255. The lowest BCUT2D eigenvalue weighted by Gasteiger charge is -2.14. The Bertz CT molecular complexity index is 1060. The molecule has 26 heavy (non-hydrogen) atoms. The lowest BCUT2D eigenvalue weighted by atomic mass is 10.1. The van der Waals surface area contributed by atoms with Gasteiger partial charge in [-0.2, -0.15) is 0 Å². The predicted octanol–water partition coefficient (Wildman–Crippen LogP) is 2.27. The molecule has 0 saturated carbocycles. The molecule has 3 aromatic rings. The number of hydrogen-bond donors (Lipinski definition) is 1. The number of hydrogen-bond acceptors (Lipinski definition) is 6. The van der Waals surface area contributed by atoms with Crippen LogP contribution in [0.2, 0.25) is 0 Å². The lowest BCUT2D eigenvalue weighted by Crippen LogP contribution is -2.44.